The van der Waals surface area contributed by atoms with E-state index in [1.54, 1.807) is 12.4 Å². The van der Waals surface area contributed by atoms with Crippen LogP contribution < -0.4 is 0 Å². The molecule has 113 valence electrons. The number of carbonyl (C=O) groups is 1. The van der Waals surface area contributed by atoms with Crippen molar-refractivity contribution < 1.29 is 25.0 Å². The van der Waals surface area contributed by atoms with Crippen LogP contribution in [0.15, 0.2) is 48.8 Å². The predicted octanol–water partition coefficient (Wildman–Crippen LogP) is 3.59. The predicted molar refractivity (Wildman–Crippen MR) is 79.7 cm³/mol. The number of aromatic nitrogens is 2. The molecule has 0 amide bonds. The minimum absolute atomic E-state index is 0.528. The van der Waals surface area contributed by atoms with Crippen molar-refractivity contribution in [3.8, 4) is 0 Å². The van der Waals surface area contributed by atoms with Gasteiger partial charge in [0.25, 0.3) is 5.97 Å². The molecule has 0 radical (unpaired) electrons. The number of pyridine rings is 2. The zero-order valence-corrected chi connectivity index (χ0v) is 12.5. The molecule has 5 nitrogen and oxygen atoms in total. The zero-order valence-electron chi connectivity index (χ0n) is 10.8. The Morgan fingerprint density at radius 3 is 1.76 bits per heavy atom. The minimum Gasteiger partial charge on any atom is -0.668 e. The van der Waals surface area contributed by atoms with Crippen molar-refractivity contribution in [2.24, 2.45) is 0 Å². The quantitative estimate of drug-likeness (QED) is 0.535. The third-order valence-corrected chi connectivity index (χ3v) is 2.50. The number of rotatable bonds is 1. The summed E-state index contributed by atoms with van der Waals surface area (Å²) < 4.78 is 0. The topological polar surface area (TPSA) is 86.9 Å². The van der Waals surface area contributed by atoms with Crippen LogP contribution in [0.2, 0.25) is 0 Å². The Morgan fingerprint density at radius 2 is 1.43 bits per heavy atom. The smallest absolute Gasteiger partial charge is 0.282 e. The van der Waals surface area contributed by atoms with Crippen molar-refractivity contribution in [3.63, 3.8) is 0 Å². The van der Waals surface area contributed by atoms with Crippen molar-refractivity contribution in [1.29, 1.82) is 0 Å². The summed E-state index contributed by atoms with van der Waals surface area (Å²) in [5, 5.41) is 9.81. The second-order valence-electron chi connectivity index (χ2n) is 3.79. The van der Waals surface area contributed by atoms with E-state index in [1.807, 2.05) is 12.1 Å². The molecule has 3 aromatic rings. The minimum atomic E-state index is -1.08. The average molecular weight is 353 g/mol. The van der Waals surface area contributed by atoms with Crippen LogP contribution in [-0.2, 0) is 19.9 Å². The molecule has 0 aliphatic carbocycles. The Labute approximate surface area is 134 Å². The summed E-state index contributed by atoms with van der Waals surface area (Å²) in [6.45, 7) is -0.528. The molecule has 7 heteroatoms. The summed E-state index contributed by atoms with van der Waals surface area (Å²) in [5.74, 6) is -1.08. The Bertz CT molecular complexity index is 670. The van der Waals surface area contributed by atoms with Gasteiger partial charge in [0.05, 0.1) is 11.0 Å². The number of hydrogen-bond donors (Lipinski definition) is 1. The van der Waals surface area contributed by atoms with Crippen molar-refractivity contribution in [1.82, 2.24) is 9.97 Å². The number of hydrogen-bond acceptors (Lipinski definition) is 3. The van der Waals surface area contributed by atoms with Gasteiger partial charge >= 0.3 is 25.2 Å². The Balaban J connectivity index is 0.000000272. The van der Waals surface area contributed by atoms with Gasteiger partial charge in [0, 0.05) is 23.2 Å². The molecule has 0 saturated heterocycles. The van der Waals surface area contributed by atoms with E-state index < -0.39 is 12.5 Å². The van der Waals surface area contributed by atoms with E-state index in [2.05, 4.69) is 59.4 Å². The third kappa shape index (κ3) is 4.95. The second kappa shape index (κ2) is 9.26. The first kappa shape index (κ1) is 17.3. The fraction of sp³-hybridized carbons (Fsp3) is 0.0714. The molecule has 2 heterocycles. The third-order valence-electron chi connectivity index (χ3n) is 2.50. The van der Waals surface area contributed by atoms with E-state index in [1.165, 1.54) is 0 Å². The molecule has 0 atom stereocenters. The summed E-state index contributed by atoms with van der Waals surface area (Å²) in [6.07, 6.45) is 3.60. The van der Waals surface area contributed by atoms with Crippen LogP contribution in [-0.4, -0.2) is 27.6 Å². The van der Waals surface area contributed by atoms with E-state index in [0.29, 0.717) is 0 Å². The number of nitrogens with zero attached hydrogens (tertiary/aromatic N) is 2. The monoisotopic (exact) mass is 352 g/mol. The molecule has 0 aliphatic rings. The summed E-state index contributed by atoms with van der Waals surface area (Å²) in [7, 11) is 4.20. The van der Waals surface area contributed by atoms with Gasteiger partial charge in [-0.05, 0) is 12.1 Å². The van der Waals surface area contributed by atoms with E-state index in [0.717, 1.165) is 21.8 Å². The molecule has 0 saturated carbocycles. The van der Waals surface area contributed by atoms with Crippen molar-refractivity contribution in [2.45, 2.75) is 0 Å². The van der Waals surface area contributed by atoms with Crippen molar-refractivity contribution in [3.05, 3.63) is 54.5 Å². The fourth-order valence-corrected chi connectivity index (χ4v) is 1.68. The number of fused-ring (bicyclic) bond motifs is 3. The molecular weight excluding hydrogens is 341 g/mol. The molecule has 0 aliphatic heterocycles. The van der Waals surface area contributed by atoms with Crippen LogP contribution in [0.3, 0.4) is 0 Å². The van der Waals surface area contributed by atoms with E-state index >= 15 is 0 Å². The Morgan fingerprint density at radius 1 is 1.05 bits per heavy atom. The maximum Gasteiger partial charge on any atom is 0.282 e. The van der Waals surface area contributed by atoms with Crippen molar-refractivity contribution in [2.75, 3.05) is 6.54 Å². The van der Waals surface area contributed by atoms with Crippen LogP contribution in [0.5, 0.6) is 0 Å². The van der Waals surface area contributed by atoms with Gasteiger partial charge < -0.3 is 10.8 Å². The van der Waals surface area contributed by atoms with Gasteiger partial charge in [-0.3, -0.25) is 14.8 Å². The first-order chi connectivity index (χ1) is 10.2. The van der Waals surface area contributed by atoms with E-state index in [4.69, 9.17) is 10.8 Å². The van der Waals surface area contributed by atoms with Gasteiger partial charge in [-0.1, -0.05) is 30.8 Å². The molecule has 0 unspecified atom stereocenters. The summed E-state index contributed by atoms with van der Waals surface area (Å²) >= 11 is 3.66. The number of aliphatic carboxylic acids is 1. The van der Waals surface area contributed by atoms with Gasteiger partial charge in [-0.25, -0.2) is 0 Å². The van der Waals surface area contributed by atoms with Crippen LogP contribution in [0.25, 0.3) is 27.5 Å². The van der Waals surface area contributed by atoms with Gasteiger partial charge in [0.15, 0.2) is 0 Å². The van der Waals surface area contributed by atoms with Crippen LogP contribution in [0, 0.1) is 0 Å². The summed E-state index contributed by atoms with van der Waals surface area (Å²) in [5.41, 5.74) is 8.01. The van der Waals surface area contributed by atoms with Gasteiger partial charge in [0.1, 0.15) is 0 Å². The largest absolute Gasteiger partial charge is 0.668 e. The standard InChI is InChI=1S/C12H8N2.C2H4NO2.ClH.Cu/c1-3-9-5-6-10-4-2-8-14-12(10)11(9)13-7-1;3-1-2(4)5;;/h1-8H;3H,1H2,(H,4,5);1H;/q;-1;;+2/p-1. The summed E-state index contributed by atoms with van der Waals surface area (Å²) in [6, 6.07) is 12.1. The molecule has 2 N–H and O–H groups in total. The van der Waals surface area contributed by atoms with E-state index in [9.17, 15) is 4.79 Å². The maximum absolute atomic E-state index is 9.18. The SMILES string of the molecule is [Cl][Cu+].[NH-]CC(=O)O.c1cnc2c(c1)ccc1cccnc12. The van der Waals surface area contributed by atoms with Crippen LogP contribution in [0.1, 0.15) is 0 Å². The molecule has 0 spiro atoms. The number of carboxylic acid groups (broad SMARTS) is 1. The molecule has 2 aromatic heterocycles. The van der Waals surface area contributed by atoms with Crippen molar-refractivity contribution >= 4 is 37.9 Å². The molecule has 1 aromatic carbocycles. The molecular formula is C14H12ClCuN3O2. The number of halogens is 1. The number of benzene rings is 1. The Hall–Kier alpha value is -1.72. The fourth-order valence-electron chi connectivity index (χ4n) is 1.68. The summed E-state index contributed by atoms with van der Waals surface area (Å²) in [4.78, 5) is 17.9. The van der Waals surface area contributed by atoms with Gasteiger partial charge in [-0.2, -0.15) is 0 Å². The first-order valence-corrected chi connectivity index (χ1v) is 7.08. The Kier molecular flexibility index (Phi) is 7.64. The first-order valence-electron chi connectivity index (χ1n) is 5.78. The zero-order chi connectivity index (χ0) is 15.7. The average Bonchev–Trinajstić information content (AvgIpc) is 2.57. The van der Waals surface area contributed by atoms with Gasteiger partial charge in [-0.15, -0.1) is 0 Å². The number of carboxylic acids is 1. The molecule has 3 rings (SSSR count). The van der Waals surface area contributed by atoms with Crippen LogP contribution in [0.4, 0.5) is 0 Å². The van der Waals surface area contributed by atoms with Gasteiger partial charge in [0.2, 0.25) is 0 Å². The molecule has 0 bridgehead atoms. The van der Waals surface area contributed by atoms with Crippen LogP contribution >= 0.6 is 10.1 Å². The maximum atomic E-state index is 9.18. The molecule has 0 fully saturated rings. The normalized spacial score (nSPS) is 9.33. The number of nitrogens with one attached hydrogen (secondary N) is 1. The van der Waals surface area contributed by atoms with E-state index in [-0.39, 0.29) is 0 Å². The molecule has 21 heavy (non-hydrogen) atoms. The second-order valence-corrected chi connectivity index (χ2v) is 3.79.